The number of hydrogen-bond acceptors (Lipinski definition) is 8. The molecule has 0 bridgehead atoms. The number of hydrogen-bond donors (Lipinski definition) is 1. The lowest BCUT2D eigenvalue weighted by Crippen LogP contribution is -2.29. The van der Waals surface area contributed by atoms with Crippen LogP contribution >= 0.6 is 23.1 Å². The standard InChI is InChI=1S/C30H31N5O4S2/c1-18(2)23-15-22-24(16-39-23)41-28-26(22)27(37)34(13-12-19-8-5-4-6-9-19)29-32-33-30(35(28)29)40-17-25(36)31-20-10-7-11-21(14-20)38-3/h4-11,14,18,23H,12-13,15-17H2,1-3H3,(H,31,36). The number of carbonyl (C=O) groups is 1. The van der Waals surface area contributed by atoms with E-state index in [0.717, 1.165) is 20.8 Å². The smallest absolute Gasteiger partial charge is 0.263 e. The number of nitrogens with zero attached hydrogens (tertiary/aromatic N) is 4. The number of methoxy groups -OCH3 is 1. The van der Waals surface area contributed by atoms with Crippen LogP contribution in [0.2, 0.25) is 0 Å². The fraction of sp³-hybridized carbons (Fsp3) is 0.333. The summed E-state index contributed by atoms with van der Waals surface area (Å²) < 4.78 is 15.1. The molecule has 11 heteroatoms. The van der Waals surface area contributed by atoms with Crippen LogP contribution in [0.15, 0.2) is 64.5 Å². The highest BCUT2D eigenvalue weighted by Gasteiger charge is 2.30. The Balaban J connectivity index is 1.37. The topological polar surface area (TPSA) is 99.7 Å². The third-order valence-corrected chi connectivity index (χ3v) is 9.44. The molecule has 0 spiro atoms. The molecule has 0 aliphatic carbocycles. The highest BCUT2D eigenvalue weighted by Crippen LogP contribution is 2.37. The first kappa shape index (κ1) is 27.5. The summed E-state index contributed by atoms with van der Waals surface area (Å²) in [6.45, 7) is 5.24. The average Bonchev–Trinajstić information content (AvgIpc) is 3.58. The number of aryl methyl sites for hydroxylation is 2. The van der Waals surface area contributed by atoms with Crippen LogP contribution in [0, 0.1) is 5.92 Å². The molecule has 1 amide bonds. The Morgan fingerprint density at radius 1 is 1.20 bits per heavy atom. The summed E-state index contributed by atoms with van der Waals surface area (Å²) in [4.78, 5) is 28.8. The third-order valence-electron chi connectivity index (χ3n) is 7.32. The van der Waals surface area contributed by atoms with Gasteiger partial charge in [0.25, 0.3) is 5.56 Å². The molecule has 9 nitrogen and oxygen atoms in total. The van der Waals surface area contributed by atoms with E-state index in [9.17, 15) is 9.59 Å². The zero-order chi connectivity index (χ0) is 28.5. The number of thioether (sulfide) groups is 1. The predicted octanol–water partition coefficient (Wildman–Crippen LogP) is 5.19. The molecule has 0 saturated heterocycles. The van der Waals surface area contributed by atoms with Gasteiger partial charge in [-0.15, -0.1) is 21.5 Å². The Hall–Kier alpha value is -3.67. The van der Waals surface area contributed by atoms with Gasteiger partial charge in [0.1, 0.15) is 10.6 Å². The van der Waals surface area contributed by atoms with Crippen LogP contribution in [-0.4, -0.2) is 44.0 Å². The van der Waals surface area contributed by atoms with Gasteiger partial charge in [0, 0.05) is 29.6 Å². The largest absolute Gasteiger partial charge is 0.497 e. The number of amides is 1. The van der Waals surface area contributed by atoms with Gasteiger partial charge < -0.3 is 14.8 Å². The van der Waals surface area contributed by atoms with E-state index in [1.165, 1.54) is 11.8 Å². The summed E-state index contributed by atoms with van der Waals surface area (Å²) in [7, 11) is 1.59. The van der Waals surface area contributed by atoms with Gasteiger partial charge in [-0.05, 0) is 35.6 Å². The lowest BCUT2D eigenvalue weighted by Gasteiger charge is -2.26. The van der Waals surface area contributed by atoms with E-state index < -0.39 is 0 Å². The van der Waals surface area contributed by atoms with Gasteiger partial charge in [-0.2, -0.15) is 0 Å². The number of aromatic nitrogens is 4. The van der Waals surface area contributed by atoms with Crippen LogP contribution in [0.25, 0.3) is 16.0 Å². The quantitative estimate of drug-likeness (QED) is 0.236. The molecule has 0 radical (unpaired) electrons. The number of thiophene rings is 1. The lowest BCUT2D eigenvalue weighted by molar-refractivity contribution is -0.113. The van der Waals surface area contributed by atoms with E-state index in [1.54, 1.807) is 29.1 Å². The molecule has 41 heavy (non-hydrogen) atoms. The lowest BCUT2D eigenvalue weighted by atomic mass is 9.96. The van der Waals surface area contributed by atoms with Crippen molar-refractivity contribution in [3.8, 4) is 5.75 Å². The third kappa shape index (κ3) is 5.49. The molecule has 212 valence electrons. The highest BCUT2D eigenvalue weighted by atomic mass is 32.2. The Kier molecular flexibility index (Phi) is 7.83. The molecule has 3 aromatic heterocycles. The molecular formula is C30H31N5O4S2. The van der Waals surface area contributed by atoms with Gasteiger partial charge in [0.2, 0.25) is 11.7 Å². The summed E-state index contributed by atoms with van der Waals surface area (Å²) in [5.41, 5.74) is 2.81. The molecule has 1 aliphatic heterocycles. The van der Waals surface area contributed by atoms with E-state index >= 15 is 0 Å². The first-order valence-electron chi connectivity index (χ1n) is 13.6. The molecular weight excluding hydrogens is 558 g/mol. The van der Waals surface area contributed by atoms with Gasteiger partial charge in [-0.3, -0.25) is 14.2 Å². The average molecular weight is 590 g/mol. The number of nitrogens with one attached hydrogen (secondary N) is 1. The normalized spacial score (nSPS) is 15.0. The van der Waals surface area contributed by atoms with Gasteiger partial charge in [-0.1, -0.05) is 62.0 Å². The molecule has 1 unspecified atom stereocenters. The van der Waals surface area contributed by atoms with Crippen LogP contribution in [0.1, 0.15) is 29.9 Å². The Morgan fingerprint density at radius 2 is 2.02 bits per heavy atom. The Bertz CT molecular complexity index is 1780. The van der Waals surface area contributed by atoms with E-state index in [0.29, 0.717) is 59.7 Å². The summed E-state index contributed by atoms with van der Waals surface area (Å²) in [6.07, 6.45) is 1.44. The molecule has 0 fully saturated rings. The van der Waals surface area contributed by atoms with E-state index in [-0.39, 0.29) is 23.3 Å². The van der Waals surface area contributed by atoms with Crippen LogP contribution in [0.5, 0.6) is 5.75 Å². The Labute approximate surface area is 245 Å². The van der Waals surface area contributed by atoms with Crippen molar-refractivity contribution in [3.05, 3.63) is 81.0 Å². The fourth-order valence-electron chi connectivity index (χ4n) is 5.13. The summed E-state index contributed by atoms with van der Waals surface area (Å²) in [5, 5.41) is 13.1. The summed E-state index contributed by atoms with van der Waals surface area (Å²) in [5.74, 6) is 1.44. The fourth-order valence-corrected chi connectivity index (χ4v) is 7.16. The SMILES string of the molecule is COc1cccc(NC(=O)CSc2nnc3n(CCc4ccccc4)c(=O)c4c5c(sc4n23)COC(C(C)C)C5)c1. The summed E-state index contributed by atoms with van der Waals surface area (Å²) in [6, 6.07) is 17.3. The van der Waals surface area contributed by atoms with Crippen LogP contribution < -0.4 is 15.6 Å². The number of anilines is 1. The monoisotopic (exact) mass is 589 g/mol. The molecule has 1 N–H and O–H groups in total. The second-order valence-corrected chi connectivity index (χ2v) is 12.4. The first-order chi connectivity index (χ1) is 19.9. The number of rotatable bonds is 9. The maximum absolute atomic E-state index is 14.1. The van der Waals surface area contributed by atoms with Gasteiger partial charge in [0.15, 0.2) is 5.16 Å². The van der Waals surface area contributed by atoms with Crippen molar-refractivity contribution < 1.29 is 14.3 Å². The minimum absolute atomic E-state index is 0.0509. The van der Waals surface area contributed by atoms with E-state index in [1.807, 2.05) is 40.8 Å². The maximum atomic E-state index is 14.1. The molecule has 2 aromatic carbocycles. The van der Waals surface area contributed by atoms with Crippen LogP contribution in [0.3, 0.4) is 0 Å². The molecule has 0 saturated carbocycles. The molecule has 1 aliphatic rings. The number of fused-ring (bicyclic) bond motifs is 5. The van der Waals surface area contributed by atoms with E-state index in [2.05, 4.69) is 41.5 Å². The molecule has 5 aromatic rings. The minimum atomic E-state index is -0.174. The van der Waals surface area contributed by atoms with E-state index in [4.69, 9.17) is 9.47 Å². The van der Waals surface area contributed by atoms with Gasteiger partial charge in [0.05, 0.1) is 31.0 Å². The Morgan fingerprint density at radius 3 is 2.80 bits per heavy atom. The van der Waals surface area contributed by atoms with Gasteiger partial charge >= 0.3 is 0 Å². The van der Waals surface area contributed by atoms with Crippen molar-refractivity contribution in [1.82, 2.24) is 19.2 Å². The molecule has 6 rings (SSSR count). The highest BCUT2D eigenvalue weighted by molar-refractivity contribution is 7.99. The number of ether oxygens (including phenoxy) is 2. The van der Waals surface area contributed by atoms with Crippen molar-refractivity contribution in [3.63, 3.8) is 0 Å². The van der Waals surface area contributed by atoms with Crippen molar-refractivity contribution in [2.24, 2.45) is 5.92 Å². The number of benzene rings is 2. The zero-order valence-electron chi connectivity index (χ0n) is 23.1. The van der Waals surface area contributed by atoms with Gasteiger partial charge in [-0.25, -0.2) is 4.40 Å². The first-order valence-corrected chi connectivity index (χ1v) is 15.4. The maximum Gasteiger partial charge on any atom is 0.263 e. The predicted molar refractivity (Wildman–Crippen MR) is 162 cm³/mol. The number of carbonyl (C=O) groups excluding carboxylic acids is 1. The van der Waals surface area contributed by atoms with Crippen LogP contribution in [-0.2, 0) is 35.5 Å². The van der Waals surface area contributed by atoms with Crippen molar-refractivity contribution in [2.45, 2.75) is 51.1 Å². The minimum Gasteiger partial charge on any atom is -0.497 e. The second-order valence-electron chi connectivity index (χ2n) is 10.4. The molecule has 4 heterocycles. The zero-order valence-corrected chi connectivity index (χ0v) is 24.8. The van der Waals surface area contributed by atoms with Crippen molar-refractivity contribution >= 4 is 50.7 Å². The van der Waals surface area contributed by atoms with Crippen molar-refractivity contribution in [1.29, 1.82) is 0 Å². The van der Waals surface area contributed by atoms with Crippen LogP contribution in [0.4, 0.5) is 5.69 Å². The second kappa shape index (κ2) is 11.7. The summed E-state index contributed by atoms with van der Waals surface area (Å²) >= 11 is 2.85. The van der Waals surface area contributed by atoms with Crippen molar-refractivity contribution in [2.75, 3.05) is 18.2 Å². The molecule has 1 atom stereocenters.